The average molecular weight is 182 g/mol. The summed E-state index contributed by atoms with van der Waals surface area (Å²) in [6, 6.07) is -3.14. The van der Waals surface area contributed by atoms with Gasteiger partial charge < -0.3 is 0 Å². The zero-order chi connectivity index (χ0) is 8.65. The number of rotatable bonds is 1. The van der Waals surface area contributed by atoms with Gasteiger partial charge in [-0.1, -0.05) is 12.2 Å². The van der Waals surface area contributed by atoms with Crippen LogP contribution in [0, 0.1) is 10.5 Å². The van der Waals surface area contributed by atoms with Crippen molar-refractivity contribution in [3.8, 4) is 0 Å². The van der Waals surface area contributed by atoms with E-state index in [0.29, 0.717) is 17.8 Å². The van der Waals surface area contributed by atoms with Crippen molar-refractivity contribution in [2.45, 2.75) is 13.0 Å². The quantitative estimate of drug-likeness (QED) is 0.660. The van der Waals surface area contributed by atoms with Gasteiger partial charge in [-0.2, -0.15) is 8.78 Å². The number of alkyl halides is 2. The molecule has 1 rings (SSSR count). The summed E-state index contributed by atoms with van der Waals surface area (Å²) in [5.74, 6) is -0.846. The molecule has 0 unspecified atom stereocenters. The third kappa shape index (κ3) is 1.62. The molecule has 0 saturated heterocycles. The largest absolute Gasteiger partial charge is 0.339 e. The van der Waals surface area contributed by atoms with Gasteiger partial charge >= 0.3 is 6.05 Å². The van der Waals surface area contributed by atoms with Gasteiger partial charge in [0.15, 0.2) is 10.5 Å². The molecule has 6 heteroatoms. The predicted octanol–water partition coefficient (Wildman–Crippen LogP) is 2.25. The molecule has 11 heavy (non-hydrogen) atoms. The van der Waals surface area contributed by atoms with E-state index in [9.17, 15) is 13.2 Å². The van der Waals surface area contributed by atoms with Gasteiger partial charge in [0.1, 0.15) is 0 Å². The molecular formula is C5H5F3N2S. The molecule has 0 bridgehead atoms. The van der Waals surface area contributed by atoms with Crippen LogP contribution >= 0.6 is 12.2 Å². The van der Waals surface area contributed by atoms with Crippen LogP contribution in [-0.2, 0) is 6.05 Å². The zero-order valence-corrected chi connectivity index (χ0v) is 6.38. The molecule has 1 aromatic heterocycles. The van der Waals surface area contributed by atoms with E-state index < -0.39 is 11.9 Å². The minimum atomic E-state index is -3.14. The monoisotopic (exact) mass is 182 g/mol. The number of hydrogen-bond donors (Lipinski definition) is 1. The molecule has 1 heterocycles. The Bertz CT molecular complexity index is 308. The molecule has 0 aliphatic rings. The van der Waals surface area contributed by atoms with Crippen LogP contribution in [0.5, 0.6) is 0 Å². The molecule has 0 amide bonds. The van der Waals surface area contributed by atoms with Crippen LogP contribution in [0.25, 0.3) is 0 Å². The van der Waals surface area contributed by atoms with Gasteiger partial charge in [-0.15, -0.1) is 0 Å². The molecule has 0 aliphatic carbocycles. The summed E-state index contributed by atoms with van der Waals surface area (Å²) in [6.07, 6.45) is 0.627. The van der Waals surface area contributed by atoms with Crippen LogP contribution in [0.2, 0.25) is 0 Å². The summed E-state index contributed by atoms with van der Waals surface area (Å²) in [7, 11) is 0. The number of aromatic amines is 1. The first-order chi connectivity index (χ1) is 4.91. The molecule has 0 atom stereocenters. The fourth-order valence-corrected chi connectivity index (χ4v) is 0.730. The first-order valence-electron chi connectivity index (χ1n) is 2.77. The number of nitrogens with one attached hydrogen (secondary N) is 1. The Morgan fingerprint density at radius 2 is 2.18 bits per heavy atom. The Balaban J connectivity index is 3.18. The highest BCUT2D eigenvalue weighted by Crippen LogP contribution is 2.18. The number of aromatic nitrogens is 2. The number of H-pyrrole nitrogens is 1. The highest BCUT2D eigenvalue weighted by Gasteiger charge is 2.24. The van der Waals surface area contributed by atoms with Gasteiger partial charge in [-0.3, -0.25) is 5.10 Å². The SMILES string of the molecule is CC(F)(F)n1cc(F)c(=S)[nH]1. The molecule has 0 radical (unpaired) electrons. The minimum absolute atomic E-state index is 0.313. The van der Waals surface area contributed by atoms with Crippen LogP contribution in [0.4, 0.5) is 13.2 Å². The number of hydrogen-bond acceptors (Lipinski definition) is 1. The van der Waals surface area contributed by atoms with Gasteiger partial charge in [-0.25, -0.2) is 9.07 Å². The van der Waals surface area contributed by atoms with Gasteiger partial charge in [0.2, 0.25) is 0 Å². The molecule has 62 valence electrons. The standard InChI is InChI=1S/C5H5F3N2S/c1-5(7,8)10-2-3(6)4(11)9-10/h2H,1H3,(H,9,11). The van der Waals surface area contributed by atoms with Gasteiger partial charge in [0.05, 0.1) is 6.20 Å². The van der Waals surface area contributed by atoms with Crippen molar-refractivity contribution < 1.29 is 13.2 Å². The lowest BCUT2D eigenvalue weighted by molar-refractivity contribution is -0.0726. The lowest BCUT2D eigenvalue weighted by Gasteiger charge is -2.09. The second-order valence-corrected chi connectivity index (χ2v) is 2.54. The fraction of sp³-hybridized carbons (Fsp3) is 0.400. The highest BCUT2D eigenvalue weighted by atomic mass is 32.1. The molecular weight excluding hydrogens is 177 g/mol. The fourth-order valence-electron chi connectivity index (χ4n) is 0.579. The Morgan fingerprint density at radius 1 is 1.64 bits per heavy atom. The first kappa shape index (κ1) is 8.32. The van der Waals surface area contributed by atoms with Gasteiger partial charge in [-0.05, 0) is 0 Å². The van der Waals surface area contributed by atoms with Crippen LogP contribution < -0.4 is 0 Å². The van der Waals surface area contributed by atoms with E-state index in [-0.39, 0.29) is 4.64 Å². The van der Waals surface area contributed by atoms with E-state index in [0.717, 1.165) is 0 Å². The Morgan fingerprint density at radius 3 is 2.36 bits per heavy atom. The van der Waals surface area contributed by atoms with Gasteiger partial charge in [0, 0.05) is 6.92 Å². The van der Waals surface area contributed by atoms with Crippen molar-refractivity contribution in [3.05, 3.63) is 16.7 Å². The van der Waals surface area contributed by atoms with E-state index in [1.807, 2.05) is 5.10 Å². The normalized spacial score (nSPS) is 12.0. The zero-order valence-electron chi connectivity index (χ0n) is 5.57. The van der Waals surface area contributed by atoms with Crippen molar-refractivity contribution in [1.82, 2.24) is 9.78 Å². The van der Waals surface area contributed by atoms with E-state index in [1.165, 1.54) is 0 Å². The molecule has 0 aliphatic heterocycles. The maximum atomic E-state index is 12.4. The molecule has 1 N–H and O–H groups in total. The summed E-state index contributed by atoms with van der Waals surface area (Å²) in [6.45, 7) is 0.637. The molecule has 1 aromatic rings. The molecule has 0 aromatic carbocycles. The third-order valence-corrected chi connectivity index (χ3v) is 1.39. The third-order valence-electron chi connectivity index (χ3n) is 1.10. The second kappa shape index (κ2) is 2.37. The van der Waals surface area contributed by atoms with E-state index in [1.54, 1.807) is 0 Å². The van der Waals surface area contributed by atoms with Crippen molar-refractivity contribution in [2.75, 3.05) is 0 Å². The summed E-state index contributed by atoms with van der Waals surface area (Å²) < 4.78 is 37.1. The summed E-state index contributed by atoms with van der Waals surface area (Å²) in [5.41, 5.74) is 0. The van der Waals surface area contributed by atoms with E-state index in [4.69, 9.17) is 0 Å². The average Bonchev–Trinajstić information content (AvgIpc) is 2.11. The predicted molar refractivity (Wildman–Crippen MR) is 35.4 cm³/mol. The van der Waals surface area contributed by atoms with Crippen molar-refractivity contribution in [1.29, 1.82) is 0 Å². The van der Waals surface area contributed by atoms with Crippen LogP contribution in [0.15, 0.2) is 6.20 Å². The summed E-state index contributed by atoms with van der Waals surface area (Å²) >= 11 is 4.36. The Hall–Kier alpha value is -0.780. The summed E-state index contributed by atoms with van der Waals surface area (Å²) in [4.78, 5) is 0. The van der Waals surface area contributed by atoms with Crippen molar-refractivity contribution in [3.63, 3.8) is 0 Å². The maximum absolute atomic E-state index is 12.4. The smallest absolute Gasteiger partial charge is 0.281 e. The number of nitrogens with zero attached hydrogens (tertiary/aromatic N) is 1. The second-order valence-electron chi connectivity index (χ2n) is 2.13. The summed E-state index contributed by atoms with van der Waals surface area (Å²) in [5, 5.41) is 1.99. The molecule has 0 fully saturated rings. The molecule has 0 saturated carbocycles. The molecule has 2 nitrogen and oxygen atoms in total. The topological polar surface area (TPSA) is 20.7 Å². The first-order valence-corrected chi connectivity index (χ1v) is 3.17. The van der Waals surface area contributed by atoms with Crippen LogP contribution in [-0.4, -0.2) is 9.78 Å². The molecule has 0 spiro atoms. The highest BCUT2D eigenvalue weighted by molar-refractivity contribution is 7.71. The van der Waals surface area contributed by atoms with Gasteiger partial charge in [0.25, 0.3) is 0 Å². The van der Waals surface area contributed by atoms with Crippen LogP contribution in [0.1, 0.15) is 6.92 Å². The Labute approximate surface area is 65.6 Å². The van der Waals surface area contributed by atoms with E-state index >= 15 is 0 Å². The van der Waals surface area contributed by atoms with Crippen molar-refractivity contribution in [2.24, 2.45) is 0 Å². The maximum Gasteiger partial charge on any atom is 0.339 e. The lowest BCUT2D eigenvalue weighted by Crippen LogP contribution is -2.18. The van der Waals surface area contributed by atoms with Crippen molar-refractivity contribution >= 4 is 12.2 Å². The van der Waals surface area contributed by atoms with Crippen LogP contribution in [0.3, 0.4) is 0 Å². The number of halogens is 3. The van der Waals surface area contributed by atoms with E-state index in [2.05, 4.69) is 12.2 Å². The lowest BCUT2D eigenvalue weighted by atomic mass is 10.6. The minimum Gasteiger partial charge on any atom is -0.281 e. The Kier molecular flexibility index (Phi) is 1.79.